The normalized spacial score (nSPS) is 15.3. The first-order chi connectivity index (χ1) is 13.2. The number of benzene rings is 1. The molecule has 1 aliphatic heterocycles. The van der Waals surface area contributed by atoms with Crippen LogP contribution in [0.15, 0.2) is 48.8 Å². The van der Waals surface area contributed by atoms with E-state index in [1.165, 1.54) is 0 Å². The lowest BCUT2D eigenvalue weighted by atomic mass is 10.0. The van der Waals surface area contributed by atoms with Gasteiger partial charge in [0.15, 0.2) is 0 Å². The van der Waals surface area contributed by atoms with Crippen LogP contribution in [0.3, 0.4) is 0 Å². The average Bonchev–Trinajstić information content (AvgIpc) is 2.73. The van der Waals surface area contributed by atoms with Gasteiger partial charge in [-0.15, -0.1) is 24.8 Å². The summed E-state index contributed by atoms with van der Waals surface area (Å²) in [5.41, 5.74) is 1.21. The number of halogens is 2. The van der Waals surface area contributed by atoms with Crippen molar-refractivity contribution < 1.29 is 14.3 Å². The molecule has 1 fully saturated rings. The van der Waals surface area contributed by atoms with Crippen molar-refractivity contribution in [1.82, 2.24) is 15.2 Å². The Morgan fingerprint density at radius 1 is 1.17 bits per heavy atom. The van der Waals surface area contributed by atoms with Gasteiger partial charge < -0.3 is 20.3 Å². The topological polar surface area (TPSA) is 83.6 Å². The highest BCUT2D eigenvalue weighted by Crippen LogP contribution is 2.20. The van der Waals surface area contributed by atoms with E-state index in [2.05, 4.69) is 15.6 Å². The molecule has 3 amide bonds. The largest absolute Gasteiger partial charge is 0.490 e. The first-order valence-electron chi connectivity index (χ1n) is 9.10. The quantitative estimate of drug-likeness (QED) is 0.741. The summed E-state index contributed by atoms with van der Waals surface area (Å²) in [6.45, 7) is 1.14. The van der Waals surface area contributed by atoms with Gasteiger partial charge in [-0.2, -0.15) is 0 Å². The lowest BCUT2D eigenvalue weighted by Gasteiger charge is -2.35. The Labute approximate surface area is 183 Å². The van der Waals surface area contributed by atoms with Gasteiger partial charge in [-0.3, -0.25) is 9.78 Å². The molecule has 158 valence electrons. The van der Waals surface area contributed by atoms with Gasteiger partial charge >= 0.3 is 6.03 Å². The second-order valence-electron chi connectivity index (χ2n) is 6.43. The predicted molar refractivity (Wildman–Crippen MR) is 117 cm³/mol. The third-order valence-electron chi connectivity index (χ3n) is 4.59. The van der Waals surface area contributed by atoms with Gasteiger partial charge in [-0.05, 0) is 55.7 Å². The van der Waals surface area contributed by atoms with Crippen molar-refractivity contribution in [2.75, 3.05) is 25.5 Å². The molecule has 29 heavy (non-hydrogen) atoms. The Balaban J connectivity index is 0.00000210. The lowest BCUT2D eigenvalue weighted by Crippen LogP contribution is -2.48. The number of urea groups is 1. The Bertz CT molecular complexity index is 775. The average molecular weight is 441 g/mol. The fourth-order valence-corrected chi connectivity index (χ4v) is 3.11. The number of pyridine rings is 1. The molecule has 1 aliphatic rings. The molecule has 1 aromatic carbocycles. The Morgan fingerprint density at radius 2 is 1.93 bits per heavy atom. The van der Waals surface area contributed by atoms with E-state index in [1.54, 1.807) is 43.7 Å². The number of nitrogens with zero attached hydrogens (tertiary/aromatic N) is 2. The van der Waals surface area contributed by atoms with Crippen LogP contribution in [0.25, 0.3) is 0 Å². The molecule has 0 bridgehead atoms. The summed E-state index contributed by atoms with van der Waals surface area (Å²) in [7, 11) is 1.59. The molecule has 0 saturated carbocycles. The van der Waals surface area contributed by atoms with Crippen molar-refractivity contribution in [2.45, 2.75) is 25.3 Å². The van der Waals surface area contributed by atoms with Crippen molar-refractivity contribution in [3.05, 3.63) is 54.4 Å². The number of rotatable bonds is 5. The Morgan fingerprint density at radius 3 is 2.59 bits per heavy atom. The van der Waals surface area contributed by atoms with Crippen LogP contribution >= 0.6 is 24.8 Å². The molecule has 3 rings (SSSR count). The third kappa shape index (κ3) is 6.80. The maximum Gasteiger partial charge on any atom is 0.322 e. The van der Waals surface area contributed by atoms with Crippen LogP contribution in [0.2, 0.25) is 0 Å². The van der Waals surface area contributed by atoms with Gasteiger partial charge in [0.2, 0.25) is 0 Å². The fraction of sp³-hybridized carbons (Fsp3) is 0.350. The molecule has 2 N–H and O–H groups in total. The van der Waals surface area contributed by atoms with Gasteiger partial charge in [-0.1, -0.05) is 0 Å². The van der Waals surface area contributed by atoms with Crippen LogP contribution in [-0.2, 0) is 0 Å². The number of hydrogen-bond donors (Lipinski definition) is 2. The number of anilines is 1. The van der Waals surface area contributed by atoms with Gasteiger partial charge in [0.1, 0.15) is 12.4 Å². The summed E-state index contributed by atoms with van der Waals surface area (Å²) in [6, 6.07) is 10.4. The summed E-state index contributed by atoms with van der Waals surface area (Å²) >= 11 is 0. The van der Waals surface area contributed by atoms with Crippen LogP contribution in [0.1, 0.15) is 29.6 Å². The molecule has 0 spiro atoms. The molecule has 1 unspecified atom stereocenters. The molecule has 7 nitrogen and oxygen atoms in total. The molecule has 2 heterocycles. The number of hydrogen-bond acceptors (Lipinski definition) is 4. The van der Waals surface area contributed by atoms with Gasteiger partial charge in [-0.25, -0.2) is 4.79 Å². The minimum atomic E-state index is -0.156. The van der Waals surface area contributed by atoms with Crippen LogP contribution < -0.4 is 15.4 Å². The minimum Gasteiger partial charge on any atom is -0.490 e. The minimum absolute atomic E-state index is 0. The molecule has 2 aromatic rings. The zero-order chi connectivity index (χ0) is 19.1. The SMILES string of the molecule is CNC(=O)c1ccc(NC(=O)N2CCCCC2COc2cccnc2)cc1.Cl.Cl. The van der Waals surface area contributed by atoms with Crippen molar-refractivity contribution >= 4 is 42.4 Å². The van der Waals surface area contributed by atoms with E-state index in [-0.39, 0.29) is 42.8 Å². The monoisotopic (exact) mass is 440 g/mol. The first-order valence-corrected chi connectivity index (χ1v) is 9.10. The van der Waals surface area contributed by atoms with E-state index in [1.807, 2.05) is 17.0 Å². The lowest BCUT2D eigenvalue weighted by molar-refractivity contribution is 0.0963. The summed E-state index contributed by atoms with van der Waals surface area (Å²) in [4.78, 5) is 30.2. The fourth-order valence-electron chi connectivity index (χ4n) is 3.11. The molecular formula is C20H26Cl2N4O3. The van der Waals surface area contributed by atoms with E-state index in [0.717, 1.165) is 19.3 Å². The van der Waals surface area contributed by atoms with Crippen molar-refractivity contribution in [2.24, 2.45) is 0 Å². The summed E-state index contributed by atoms with van der Waals surface area (Å²) < 4.78 is 5.80. The van der Waals surface area contributed by atoms with Crippen molar-refractivity contribution in [3.8, 4) is 5.75 Å². The number of carbonyl (C=O) groups is 2. The zero-order valence-corrected chi connectivity index (χ0v) is 17.8. The summed E-state index contributed by atoms with van der Waals surface area (Å²) in [6.07, 6.45) is 6.32. The maximum atomic E-state index is 12.7. The van der Waals surface area contributed by atoms with Crippen LogP contribution in [0, 0.1) is 0 Å². The number of aromatic nitrogens is 1. The highest BCUT2D eigenvalue weighted by Gasteiger charge is 2.27. The van der Waals surface area contributed by atoms with E-state index in [0.29, 0.717) is 30.2 Å². The smallest absolute Gasteiger partial charge is 0.322 e. The van der Waals surface area contributed by atoms with Crippen molar-refractivity contribution in [1.29, 1.82) is 0 Å². The van der Waals surface area contributed by atoms with Crippen LogP contribution in [0.4, 0.5) is 10.5 Å². The highest BCUT2D eigenvalue weighted by molar-refractivity contribution is 5.95. The van der Waals surface area contributed by atoms with Gasteiger partial charge in [0.05, 0.1) is 12.2 Å². The highest BCUT2D eigenvalue weighted by atomic mass is 35.5. The van der Waals surface area contributed by atoms with Crippen molar-refractivity contribution in [3.63, 3.8) is 0 Å². The van der Waals surface area contributed by atoms with E-state index < -0.39 is 0 Å². The molecule has 1 aromatic heterocycles. The van der Waals surface area contributed by atoms with Crippen LogP contribution in [0.5, 0.6) is 5.75 Å². The second kappa shape index (κ2) is 12.1. The van der Waals surface area contributed by atoms with Gasteiger partial charge in [0, 0.05) is 31.0 Å². The number of ether oxygens (including phenoxy) is 1. The Hall–Kier alpha value is -2.51. The van der Waals surface area contributed by atoms with E-state index >= 15 is 0 Å². The molecular weight excluding hydrogens is 415 g/mol. The molecule has 1 atom stereocenters. The number of likely N-dealkylation sites (tertiary alicyclic amines) is 1. The first kappa shape index (κ1) is 24.5. The summed E-state index contributed by atoms with van der Waals surface area (Å²) in [5, 5.41) is 5.48. The standard InChI is InChI=1S/C20H24N4O3.2ClH/c1-21-19(25)15-7-9-16(10-8-15)23-20(26)24-12-3-2-5-17(24)14-27-18-6-4-11-22-13-18;;/h4,6-11,13,17H,2-3,5,12,14H2,1H3,(H,21,25)(H,23,26);2*1H. The zero-order valence-electron chi connectivity index (χ0n) is 16.2. The van der Waals surface area contributed by atoms with Crippen LogP contribution in [-0.4, -0.2) is 48.1 Å². The molecule has 9 heteroatoms. The number of nitrogens with one attached hydrogen (secondary N) is 2. The number of amides is 3. The summed E-state index contributed by atoms with van der Waals surface area (Å²) in [5.74, 6) is 0.546. The third-order valence-corrected chi connectivity index (χ3v) is 4.59. The van der Waals surface area contributed by atoms with E-state index in [4.69, 9.17) is 4.74 Å². The predicted octanol–water partition coefficient (Wildman–Crippen LogP) is 3.75. The van der Waals surface area contributed by atoms with E-state index in [9.17, 15) is 9.59 Å². The maximum absolute atomic E-state index is 12.7. The number of carbonyl (C=O) groups excluding carboxylic acids is 2. The Kier molecular flexibility index (Phi) is 10.3. The molecule has 1 saturated heterocycles. The van der Waals surface area contributed by atoms with Gasteiger partial charge in [0.25, 0.3) is 5.91 Å². The molecule has 0 radical (unpaired) electrons. The molecule has 0 aliphatic carbocycles. The second-order valence-corrected chi connectivity index (χ2v) is 6.43. The number of piperidine rings is 1.